The van der Waals surface area contributed by atoms with Crippen molar-refractivity contribution >= 4 is 34.3 Å². The Balaban J connectivity index is 1.61. The topological polar surface area (TPSA) is 97.8 Å². The van der Waals surface area contributed by atoms with Gasteiger partial charge in [-0.15, -0.1) is 0 Å². The molecule has 1 aliphatic carbocycles. The van der Waals surface area contributed by atoms with Crippen molar-refractivity contribution in [3.8, 4) is 5.75 Å². The first-order valence-corrected chi connectivity index (χ1v) is 11.6. The Kier molecular flexibility index (Phi) is 6.45. The van der Waals surface area contributed by atoms with Crippen molar-refractivity contribution in [2.45, 2.75) is 51.1 Å². The van der Waals surface area contributed by atoms with E-state index in [2.05, 4.69) is 10.3 Å². The summed E-state index contributed by atoms with van der Waals surface area (Å²) in [7, 11) is 2.84. The molecule has 9 heteroatoms. The molecule has 8 nitrogen and oxygen atoms in total. The van der Waals surface area contributed by atoms with E-state index in [0.717, 1.165) is 37.0 Å². The van der Waals surface area contributed by atoms with Crippen LogP contribution in [0.25, 0.3) is 0 Å². The number of amides is 2. The third-order valence-electron chi connectivity index (χ3n) is 6.36. The van der Waals surface area contributed by atoms with E-state index in [1.807, 2.05) is 6.07 Å². The Morgan fingerprint density at radius 1 is 1.16 bits per heavy atom. The van der Waals surface area contributed by atoms with Gasteiger partial charge in [0.25, 0.3) is 5.91 Å². The zero-order valence-corrected chi connectivity index (χ0v) is 19.2. The SMILES string of the molecule is COC(=O)c1sc(NC(=O)C2CC3CCCCC3N2C(=O)c2ccccc2OC)nc1C. The van der Waals surface area contributed by atoms with Crippen LogP contribution in [0.15, 0.2) is 24.3 Å². The fourth-order valence-electron chi connectivity index (χ4n) is 4.87. The number of nitrogens with one attached hydrogen (secondary N) is 1. The van der Waals surface area contributed by atoms with E-state index in [9.17, 15) is 14.4 Å². The number of carbonyl (C=O) groups is 3. The molecule has 2 fully saturated rings. The molecule has 0 radical (unpaired) electrons. The lowest BCUT2D eigenvalue weighted by Gasteiger charge is -2.33. The average molecular weight is 458 g/mol. The summed E-state index contributed by atoms with van der Waals surface area (Å²) in [5.41, 5.74) is 0.955. The van der Waals surface area contributed by atoms with Crippen LogP contribution in [-0.4, -0.2) is 54.0 Å². The quantitative estimate of drug-likeness (QED) is 0.688. The third-order valence-corrected chi connectivity index (χ3v) is 7.41. The molecule has 2 heterocycles. The van der Waals surface area contributed by atoms with E-state index in [4.69, 9.17) is 9.47 Å². The van der Waals surface area contributed by atoms with Crippen LogP contribution in [0.3, 0.4) is 0 Å². The predicted molar refractivity (Wildman–Crippen MR) is 120 cm³/mol. The molecule has 1 aromatic heterocycles. The van der Waals surface area contributed by atoms with Gasteiger partial charge >= 0.3 is 5.97 Å². The lowest BCUT2D eigenvalue weighted by Crippen LogP contribution is -2.47. The molecule has 1 saturated carbocycles. The van der Waals surface area contributed by atoms with Gasteiger partial charge in [0.1, 0.15) is 16.7 Å². The van der Waals surface area contributed by atoms with Gasteiger partial charge in [0.15, 0.2) is 5.13 Å². The Bertz CT molecular complexity index is 1040. The highest BCUT2D eigenvalue weighted by molar-refractivity contribution is 7.17. The van der Waals surface area contributed by atoms with Crippen LogP contribution in [0.5, 0.6) is 5.75 Å². The molecule has 1 aliphatic heterocycles. The molecule has 2 amide bonds. The number of hydrogen-bond donors (Lipinski definition) is 1. The van der Waals surface area contributed by atoms with Crippen LogP contribution in [0.4, 0.5) is 5.13 Å². The lowest BCUT2D eigenvalue weighted by molar-refractivity contribution is -0.120. The van der Waals surface area contributed by atoms with Crippen molar-refractivity contribution < 1.29 is 23.9 Å². The van der Waals surface area contributed by atoms with E-state index in [-0.39, 0.29) is 17.9 Å². The van der Waals surface area contributed by atoms with Crippen molar-refractivity contribution in [3.63, 3.8) is 0 Å². The minimum absolute atomic E-state index is 0.0283. The fraction of sp³-hybridized carbons (Fsp3) is 0.478. The van der Waals surface area contributed by atoms with Gasteiger partial charge in [-0.2, -0.15) is 0 Å². The maximum atomic E-state index is 13.6. The van der Waals surface area contributed by atoms with Gasteiger partial charge in [0.05, 0.1) is 25.5 Å². The van der Waals surface area contributed by atoms with E-state index in [0.29, 0.717) is 39.4 Å². The lowest BCUT2D eigenvalue weighted by atomic mass is 9.84. The standard InChI is InChI=1S/C23H27N3O5S/c1-13-19(22(29)31-3)32-23(24-13)25-20(27)17-12-14-8-4-6-10-16(14)26(17)21(28)15-9-5-7-11-18(15)30-2/h5,7,9,11,14,16-17H,4,6,8,10,12H2,1-3H3,(H,24,25,27). The van der Waals surface area contributed by atoms with Gasteiger partial charge in [0, 0.05) is 6.04 Å². The number of anilines is 1. The normalized spacial score (nSPS) is 22.2. The number of aromatic nitrogens is 1. The molecular weight excluding hydrogens is 430 g/mol. The van der Waals surface area contributed by atoms with Gasteiger partial charge in [-0.25, -0.2) is 9.78 Å². The molecule has 3 unspecified atom stereocenters. The summed E-state index contributed by atoms with van der Waals surface area (Å²) in [5.74, 6) is -0.174. The molecule has 1 N–H and O–H groups in total. The van der Waals surface area contributed by atoms with Crippen molar-refractivity contribution in [1.82, 2.24) is 9.88 Å². The van der Waals surface area contributed by atoms with Crippen LogP contribution in [0.2, 0.25) is 0 Å². The summed E-state index contributed by atoms with van der Waals surface area (Å²) >= 11 is 1.08. The van der Waals surface area contributed by atoms with Crippen molar-refractivity contribution in [1.29, 1.82) is 0 Å². The van der Waals surface area contributed by atoms with Crippen LogP contribution in [-0.2, 0) is 9.53 Å². The molecule has 170 valence electrons. The molecule has 1 saturated heterocycles. The highest BCUT2D eigenvalue weighted by Crippen LogP contribution is 2.41. The highest BCUT2D eigenvalue weighted by Gasteiger charge is 2.48. The number of carbonyl (C=O) groups excluding carboxylic acids is 3. The molecule has 2 aromatic rings. The number of thiazole rings is 1. The van der Waals surface area contributed by atoms with Crippen LogP contribution in [0, 0.1) is 12.8 Å². The first kappa shape index (κ1) is 22.3. The molecule has 2 aliphatic rings. The number of aryl methyl sites for hydroxylation is 1. The summed E-state index contributed by atoms with van der Waals surface area (Å²) in [4.78, 5) is 45.2. The van der Waals surface area contributed by atoms with E-state index in [1.165, 1.54) is 14.2 Å². The third kappa shape index (κ3) is 4.09. The molecular formula is C23H27N3O5S. The Morgan fingerprint density at radius 3 is 2.66 bits per heavy atom. The van der Waals surface area contributed by atoms with E-state index in [1.54, 1.807) is 30.0 Å². The second kappa shape index (κ2) is 9.28. The summed E-state index contributed by atoms with van der Waals surface area (Å²) < 4.78 is 10.2. The zero-order valence-electron chi connectivity index (χ0n) is 18.4. The Hall–Kier alpha value is -2.94. The number of likely N-dealkylation sites (tertiary alicyclic amines) is 1. The first-order chi connectivity index (χ1) is 15.4. The molecule has 0 bridgehead atoms. The van der Waals surface area contributed by atoms with E-state index >= 15 is 0 Å². The second-order valence-corrected chi connectivity index (χ2v) is 9.19. The number of hydrogen-bond acceptors (Lipinski definition) is 7. The number of esters is 1. The minimum atomic E-state index is -0.605. The maximum absolute atomic E-state index is 13.6. The van der Waals surface area contributed by atoms with Crippen LogP contribution in [0.1, 0.15) is 57.8 Å². The van der Waals surface area contributed by atoms with Crippen LogP contribution >= 0.6 is 11.3 Å². The average Bonchev–Trinajstić information content (AvgIpc) is 3.38. The monoisotopic (exact) mass is 457 g/mol. The maximum Gasteiger partial charge on any atom is 0.350 e. The number of fused-ring (bicyclic) bond motifs is 1. The molecule has 32 heavy (non-hydrogen) atoms. The number of methoxy groups -OCH3 is 2. The summed E-state index contributed by atoms with van der Waals surface area (Å²) in [6.45, 7) is 1.69. The largest absolute Gasteiger partial charge is 0.496 e. The van der Waals surface area contributed by atoms with Crippen LogP contribution < -0.4 is 10.1 Å². The second-order valence-electron chi connectivity index (χ2n) is 8.19. The fourth-order valence-corrected chi connectivity index (χ4v) is 5.75. The summed E-state index contributed by atoms with van der Waals surface area (Å²) in [6, 6.07) is 6.53. The Labute approximate surface area is 190 Å². The van der Waals surface area contributed by atoms with Gasteiger partial charge in [-0.05, 0) is 44.2 Å². The molecule has 1 aromatic carbocycles. The molecule has 3 atom stereocenters. The van der Waals surface area contributed by atoms with Gasteiger partial charge in [-0.3, -0.25) is 9.59 Å². The Morgan fingerprint density at radius 2 is 1.91 bits per heavy atom. The number of rotatable bonds is 5. The minimum Gasteiger partial charge on any atom is -0.496 e. The van der Waals surface area contributed by atoms with Gasteiger partial charge in [-0.1, -0.05) is 36.3 Å². The first-order valence-electron chi connectivity index (χ1n) is 10.8. The highest BCUT2D eigenvalue weighted by atomic mass is 32.1. The number of para-hydroxylation sites is 1. The van der Waals surface area contributed by atoms with Crippen molar-refractivity contribution in [2.75, 3.05) is 19.5 Å². The molecule has 4 rings (SSSR count). The molecule has 0 spiro atoms. The van der Waals surface area contributed by atoms with Crippen molar-refractivity contribution in [2.24, 2.45) is 5.92 Å². The van der Waals surface area contributed by atoms with Gasteiger partial charge < -0.3 is 19.7 Å². The number of ether oxygens (including phenoxy) is 2. The summed E-state index contributed by atoms with van der Waals surface area (Å²) in [5, 5.41) is 3.16. The summed E-state index contributed by atoms with van der Waals surface area (Å²) in [6.07, 6.45) is 4.66. The number of nitrogens with zero attached hydrogens (tertiary/aromatic N) is 2. The zero-order chi connectivity index (χ0) is 22.8. The predicted octanol–water partition coefficient (Wildman–Crippen LogP) is 3.66. The van der Waals surface area contributed by atoms with Crippen molar-refractivity contribution in [3.05, 3.63) is 40.4 Å². The smallest absolute Gasteiger partial charge is 0.350 e. The number of benzene rings is 1. The van der Waals surface area contributed by atoms with Gasteiger partial charge in [0.2, 0.25) is 5.91 Å². The van der Waals surface area contributed by atoms with E-state index < -0.39 is 12.0 Å².